The van der Waals surface area contributed by atoms with Crippen LogP contribution in [0, 0.1) is 11.3 Å². The van der Waals surface area contributed by atoms with Crippen molar-refractivity contribution in [1.29, 1.82) is 0 Å². The third-order valence-corrected chi connectivity index (χ3v) is 8.52. The van der Waals surface area contributed by atoms with Crippen molar-refractivity contribution in [1.82, 2.24) is 9.88 Å². The molecule has 1 spiro atoms. The summed E-state index contributed by atoms with van der Waals surface area (Å²) >= 11 is 6.68. The minimum atomic E-state index is -0.390. The van der Waals surface area contributed by atoms with E-state index < -0.39 is 6.10 Å². The summed E-state index contributed by atoms with van der Waals surface area (Å²) in [7, 11) is 0. The second-order valence-corrected chi connectivity index (χ2v) is 10.6. The highest BCUT2D eigenvalue weighted by Crippen LogP contribution is 2.58. The number of carbonyl (C=O) groups is 1. The first-order valence-corrected chi connectivity index (χ1v) is 12.4. The van der Waals surface area contributed by atoms with Gasteiger partial charge in [-0.05, 0) is 73.8 Å². The van der Waals surface area contributed by atoms with Gasteiger partial charge in [0.2, 0.25) is 5.91 Å². The Kier molecular flexibility index (Phi) is 5.58. The Hall–Kier alpha value is -1.77. The third-order valence-electron chi connectivity index (χ3n) is 8.19. The van der Waals surface area contributed by atoms with Crippen LogP contribution >= 0.6 is 11.6 Å². The number of anilines is 1. The number of nitrogens with one attached hydrogen (secondary N) is 1. The van der Waals surface area contributed by atoms with E-state index >= 15 is 0 Å². The lowest BCUT2D eigenvalue weighted by atomic mass is 9.87. The summed E-state index contributed by atoms with van der Waals surface area (Å²) in [6, 6.07) is 6.20. The molecular formula is C25H30ClN3O4. The maximum Gasteiger partial charge on any atom is 0.229 e. The summed E-state index contributed by atoms with van der Waals surface area (Å²) in [4.78, 5) is 19.5. The summed E-state index contributed by atoms with van der Waals surface area (Å²) in [6.45, 7) is 4.35. The predicted octanol–water partition coefficient (Wildman–Crippen LogP) is 3.19. The molecule has 4 aliphatic rings. The number of ether oxygens (including phenoxy) is 2. The molecule has 4 atom stereocenters. The van der Waals surface area contributed by atoms with Crippen molar-refractivity contribution in [2.75, 3.05) is 44.8 Å². The highest BCUT2D eigenvalue weighted by Gasteiger charge is 2.59. The normalized spacial score (nSPS) is 32.6. The third kappa shape index (κ3) is 4.04. The number of hydrogen-bond donors (Lipinski definition) is 2. The number of carbonyl (C=O) groups excluding carboxylic acids is 1. The van der Waals surface area contributed by atoms with Crippen molar-refractivity contribution in [2.24, 2.45) is 11.3 Å². The summed E-state index contributed by atoms with van der Waals surface area (Å²) in [5.74, 6) is 1.04. The van der Waals surface area contributed by atoms with Gasteiger partial charge in [-0.15, -0.1) is 0 Å². The second-order valence-electron chi connectivity index (χ2n) is 10.2. The zero-order valence-corrected chi connectivity index (χ0v) is 19.4. The maximum atomic E-state index is 12.7. The van der Waals surface area contributed by atoms with Gasteiger partial charge in [-0.1, -0.05) is 11.6 Å². The molecule has 176 valence electrons. The van der Waals surface area contributed by atoms with Crippen molar-refractivity contribution in [2.45, 2.75) is 43.7 Å². The number of nitrogens with zero attached hydrogens (tertiary/aromatic N) is 2. The van der Waals surface area contributed by atoms with Crippen LogP contribution in [0.5, 0.6) is 0 Å². The quantitative estimate of drug-likeness (QED) is 0.712. The van der Waals surface area contributed by atoms with E-state index in [1.165, 1.54) is 0 Å². The van der Waals surface area contributed by atoms with E-state index in [4.69, 9.17) is 21.1 Å². The minimum absolute atomic E-state index is 0.0345. The number of aromatic nitrogens is 1. The molecule has 0 radical (unpaired) electrons. The molecule has 1 aliphatic carbocycles. The van der Waals surface area contributed by atoms with Crippen LogP contribution in [0.4, 0.5) is 5.82 Å². The van der Waals surface area contributed by atoms with Crippen LogP contribution in [0.3, 0.4) is 0 Å². The molecule has 1 aromatic heterocycles. The average Bonchev–Trinajstić information content (AvgIpc) is 3.09. The Morgan fingerprint density at radius 3 is 2.76 bits per heavy atom. The number of fused-ring (bicyclic) bond motifs is 1. The van der Waals surface area contributed by atoms with Crippen LogP contribution in [0.25, 0.3) is 10.8 Å². The highest BCUT2D eigenvalue weighted by molar-refractivity contribution is 6.32. The van der Waals surface area contributed by atoms with Gasteiger partial charge in [0.05, 0.1) is 32.0 Å². The molecule has 33 heavy (non-hydrogen) atoms. The van der Waals surface area contributed by atoms with Crippen LogP contribution < -0.4 is 5.32 Å². The van der Waals surface area contributed by atoms with Gasteiger partial charge in [0, 0.05) is 34.5 Å². The van der Waals surface area contributed by atoms with Crippen LogP contribution in [-0.4, -0.2) is 72.6 Å². The Labute approximate surface area is 198 Å². The molecule has 4 fully saturated rings. The molecular weight excluding hydrogens is 442 g/mol. The Morgan fingerprint density at radius 1 is 1.18 bits per heavy atom. The van der Waals surface area contributed by atoms with Gasteiger partial charge in [0.15, 0.2) is 0 Å². The SMILES string of the molecule is O=C(Nc1cc2cc(C3CCN([C@@H]4COC[C@@H]4O)CC3)c(Cl)cc2cn1)[C@H]1C[C@]12CCOC2. The van der Waals surface area contributed by atoms with E-state index in [1.807, 2.05) is 12.1 Å². The van der Waals surface area contributed by atoms with Crippen LogP contribution in [0.1, 0.15) is 37.2 Å². The smallest absolute Gasteiger partial charge is 0.229 e. The number of amides is 1. The van der Waals surface area contributed by atoms with E-state index in [0.29, 0.717) is 31.6 Å². The number of pyridine rings is 1. The molecule has 1 aromatic carbocycles. The average molecular weight is 472 g/mol. The molecule has 3 saturated heterocycles. The van der Waals surface area contributed by atoms with Gasteiger partial charge < -0.3 is 19.9 Å². The lowest BCUT2D eigenvalue weighted by Gasteiger charge is -2.36. The van der Waals surface area contributed by atoms with Gasteiger partial charge in [-0.3, -0.25) is 9.69 Å². The van der Waals surface area contributed by atoms with Crippen molar-refractivity contribution in [3.63, 3.8) is 0 Å². The van der Waals surface area contributed by atoms with E-state index in [0.717, 1.165) is 66.7 Å². The number of aliphatic hydroxyl groups is 1. The summed E-state index contributed by atoms with van der Waals surface area (Å²) in [5, 5.41) is 15.9. The number of hydrogen-bond acceptors (Lipinski definition) is 6. The standard InChI is InChI=1S/C25H30ClN3O4/c26-20-8-17-11-27-23(28-24(31)19-10-25(19)3-6-32-14-25)9-16(17)7-18(20)15-1-4-29(5-2-15)21-12-33-13-22(21)30/h7-9,11,15,19,21-22,30H,1-6,10,12-14H2,(H,27,28,31)/t19-,21-,22+,25+/m1/s1. The lowest BCUT2D eigenvalue weighted by molar-refractivity contribution is -0.118. The van der Waals surface area contributed by atoms with Gasteiger partial charge in [-0.2, -0.15) is 0 Å². The van der Waals surface area contributed by atoms with Crippen molar-refractivity contribution < 1.29 is 19.4 Å². The molecule has 2 aromatic rings. The minimum Gasteiger partial charge on any atom is -0.389 e. The number of likely N-dealkylation sites (tertiary alicyclic amines) is 1. The Morgan fingerprint density at radius 2 is 2.03 bits per heavy atom. The van der Waals surface area contributed by atoms with Crippen LogP contribution in [-0.2, 0) is 14.3 Å². The molecule has 1 amide bonds. The fourth-order valence-corrected chi connectivity index (χ4v) is 6.30. The molecule has 4 heterocycles. The fourth-order valence-electron chi connectivity index (χ4n) is 5.98. The first-order chi connectivity index (χ1) is 16.0. The van der Waals surface area contributed by atoms with E-state index in [-0.39, 0.29) is 23.3 Å². The molecule has 7 nitrogen and oxygen atoms in total. The first-order valence-electron chi connectivity index (χ1n) is 12.0. The molecule has 0 unspecified atom stereocenters. The lowest BCUT2D eigenvalue weighted by Crippen LogP contribution is -2.46. The summed E-state index contributed by atoms with van der Waals surface area (Å²) in [5.41, 5.74) is 1.22. The molecule has 0 bridgehead atoms. The molecule has 1 saturated carbocycles. The second kappa shape index (κ2) is 8.47. The Balaban J connectivity index is 1.16. The fraction of sp³-hybridized carbons (Fsp3) is 0.600. The maximum absolute atomic E-state index is 12.7. The monoisotopic (exact) mass is 471 g/mol. The number of benzene rings is 1. The first kappa shape index (κ1) is 21.7. The number of aliphatic hydroxyl groups excluding tert-OH is 1. The summed E-state index contributed by atoms with van der Waals surface area (Å²) in [6.07, 6.45) is 5.27. The zero-order valence-electron chi connectivity index (χ0n) is 18.6. The van der Waals surface area contributed by atoms with Gasteiger partial charge >= 0.3 is 0 Å². The van der Waals surface area contributed by atoms with Crippen LogP contribution in [0.2, 0.25) is 5.02 Å². The van der Waals surface area contributed by atoms with E-state index in [2.05, 4.69) is 21.3 Å². The molecule has 3 aliphatic heterocycles. The predicted molar refractivity (Wildman–Crippen MR) is 126 cm³/mol. The van der Waals surface area contributed by atoms with Gasteiger partial charge in [-0.25, -0.2) is 4.98 Å². The van der Waals surface area contributed by atoms with E-state index in [1.54, 1.807) is 6.20 Å². The Bertz CT molecular complexity index is 1070. The van der Waals surface area contributed by atoms with Crippen molar-refractivity contribution >= 4 is 34.1 Å². The van der Waals surface area contributed by atoms with E-state index in [9.17, 15) is 9.90 Å². The molecule has 8 heteroatoms. The van der Waals surface area contributed by atoms with Gasteiger partial charge in [0.1, 0.15) is 5.82 Å². The molecule has 6 rings (SSSR count). The number of halogens is 1. The largest absolute Gasteiger partial charge is 0.389 e. The number of rotatable bonds is 4. The highest BCUT2D eigenvalue weighted by atomic mass is 35.5. The topological polar surface area (TPSA) is 83.9 Å². The molecule has 2 N–H and O–H groups in total. The van der Waals surface area contributed by atoms with Gasteiger partial charge in [0.25, 0.3) is 0 Å². The van der Waals surface area contributed by atoms with Crippen molar-refractivity contribution in [3.05, 3.63) is 35.0 Å². The number of piperidine rings is 1. The summed E-state index contributed by atoms with van der Waals surface area (Å²) < 4.78 is 10.9. The zero-order chi connectivity index (χ0) is 22.6. The van der Waals surface area contributed by atoms with Crippen molar-refractivity contribution in [3.8, 4) is 0 Å². The van der Waals surface area contributed by atoms with Crippen LogP contribution in [0.15, 0.2) is 24.4 Å².